The molecule has 136 valence electrons. The number of nitrogen functional groups attached to an aromatic ring is 1. The number of hydrogen-bond acceptors (Lipinski definition) is 6. The van der Waals surface area contributed by atoms with Crippen LogP contribution in [0.1, 0.15) is 5.56 Å². The second-order valence-corrected chi connectivity index (χ2v) is 7.79. The predicted octanol–water partition coefficient (Wildman–Crippen LogP) is 3.61. The number of halogens is 3. The highest BCUT2D eigenvalue weighted by atomic mass is 32.2. The molecule has 0 spiro atoms. The number of aromatic nitrogens is 2. The third-order valence-corrected chi connectivity index (χ3v) is 5.66. The molecule has 0 unspecified atom stereocenters. The summed E-state index contributed by atoms with van der Waals surface area (Å²) in [5.74, 6) is 0. The van der Waals surface area contributed by atoms with E-state index < -0.39 is 21.8 Å². The molecule has 11 heteroatoms. The molecule has 0 aliphatic rings. The number of benzene rings is 2. The summed E-state index contributed by atoms with van der Waals surface area (Å²) in [4.78, 5) is -0.0564. The number of rotatable bonds is 4. The summed E-state index contributed by atoms with van der Waals surface area (Å²) in [6.45, 7) is 0. The molecule has 0 radical (unpaired) electrons. The van der Waals surface area contributed by atoms with Crippen LogP contribution in [0.2, 0.25) is 0 Å². The van der Waals surface area contributed by atoms with Crippen LogP contribution in [0.15, 0.2) is 53.4 Å². The average Bonchev–Trinajstić information content (AvgIpc) is 3.02. The van der Waals surface area contributed by atoms with Crippen LogP contribution < -0.4 is 10.5 Å². The van der Waals surface area contributed by atoms with Gasteiger partial charge in [0.25, 0.3) is 10.0 Å². The van der Waals surface area contributed by atoms with E-state index in [0.29, 0.717) is 17.0 Å². The maximum atomic E-state index is 13.1. The lowest BCUT2D eigenvalue weighted by Crippen LogP contribution is -2.12. The van der Waals surface area contributed by atoms with Crippen LogP contribution in [0, 0.1) is 0 Å². The van der Waals surface area contributed by atoms with Crippen molar-refractivity contribution >= 4 is 32.2 Å². The van der Waals surface area contributed by atoms with E-state index in [9.17, 15) is 21.6 Å². The SMILES string of the molecule is Nc1ccc(S(=O)(=O)Nc2nnc(-c3ccccc3C(F)(F)F)s2)cc1. The van der Waals surface area contributed by atoms with Crippen molar-refractivity contribution in [2.75, 3.05) is 10.5 Å². The van der Waals surface area contributed by atoms with Crippen LogP contribution in [0.3, 0.4) is 0 Å². The third-order valence-electron chi connectivity index (χ3n) is 3.30. The first kappa shape index (κ1) is 18.1. The summed E-state index contributed by atoms with van der Waals surface area (Å²) in [6, 6.07) is 10.3. The number of anilines is 2. The van der Waals surface area contributed by atoms with Gasteiger partial charge in [0.2, 0.25) is 5.13 Å². The summed E-state index contributed by atoms with van der Waals surface area (Å²) < 4.78 is 66.1. The lowest BCUT2D eigenvalue weighted by Gasteiger charge is -2.09. The summed E-state index contributed by atoms with van der Waals surface area (Å²) in [7, 11) is -3.96. The first-order valence-electron chi connectivity index (χ1n) is 7.05. The molecule has 1 aromatic heterocycles. The molecule has 0 fully saturated rings. The maximum absolute atomic E-state index is 13.1. The van der Waals surface area contributed by atoms with Gasteiger partial charge < -0.3 is 5.73 Å². The molecule has 0 bridgehead atoms. The molecule has 0 aliphatic heterocycles. The molecular weight excluding hydrogens is 389 g/mol. The molecule has 1 heterocycles. The zero-order valence-electron chi connectivity index (χ0n) is 12.9. The Bertz CT molecular complexity index is 1030. The highest BCUT2D eigenvalue weighted by Gasteiger charge is 2.34. The molecule has 0 saturated carbocycles. The Hall–Kier alpha value is -2.66. The summed E-state index contributed by atoms with van der Waals surface area (Å²) >= 11 is 0.704. The summed E-state index contributed by atoms with van der Waals surface area (Å²) in [5.41, 5.74) is 4.86. The van der Waals surface area contributed by atoms with Gasteiger partial charge >= 0.3 is 6.18 Å². The Balaban J connectivity index is 1.91. The minimum atomic E-state index is -4.56. The Morgan fingerprint density at radius 3 is 2.31 bits per heavy atom. The van der Waals surface area contributed by atoms with E-state index in [4.69, 9.17) is 5.73 Å². The fourth-order valence-corrected chi connectivity index (χ4v) is 4.12. The fraction of sp³-hybridized carbons (Fsp3) is 0.0667. The maximum Gasteiger partial charge on any atom is 0.417 e. The molecule has 2 aromatic carbocycles. The molecule has 0 saturated heterocycles. The minimum Gasteiger partial charge on any atom is -0.399 e. The topological polar surface area (TPSA) is 98.0 Å². The van der Waals surface area contributed by atoms with E-state index in [1.54, 1.807) is 0 Å². The Labute approximate surface area is 150 Å². The van der Waals surface area contributed by atoms with Gasteiger partial charge in [-0.1, -0.05) is 29.5 Å². The molecule has 26 heavy (non-hydrogen) atoms. The highest BCUT2D eigenvalue weighted by molar-refractivity contribution is 7.93. The van der Waals surface area contributed by atoms with Gasteiger partial charge in [-0.05, 0) is 30.3 Å². The number of nitrogens with two attached hydrogens (primary N) is 1. The first-order chi connectivity index (χ1) is 12.2. The lowest BCUT2D eigenvalue weighted by molar-refractivity contribution is -0.137. The van der Waals surface area contributed by atoms with E-state index in [1.807, 2.05) is 0 Å². The smallest absolute Gasteiger partial charge is 0.399 e. The average molecular weight is 400 g/mol. The van der Waals surface area contributed by atoms with Crippen LogP contribution in [-0.4, -0.2) is 18.6 Å². The van der Waals surface area contributed by atoms with Crippen molar-refractivity contribution in [3.8, 4) is 10.6 Å². The third kappa shape index (κ3) is 3.78. The van der Waals surface area contributed by atoms with Gasteiger partial charge in [0, 0.05) is 11.3 Å². The van der Waals surface area contributed by atoms with E-state index in [0.717, 1.165) is 6.07 Å². The molecule has 0 atom stereocenters. The second kappa shape index (κ2) is 6.57. The zero-order valence-corrected chi connectivity index (χ0v) is 14.5. The van der Waals surface area contributed by atoms with Gasteiger partial charge in [-0.15, -0.1) is 10.2 Å². The van der Waals surface area contributed by atoms with E-state index in [1.165, 1.54) is 42.5 Å². The van der Waals surface area contributed by atoms with Gasteiger partial charge in [-0.3, -0.25) is 4.72 Å². The fourth-order valence-electron chi connectivity index (χ4n) is 2.11. The number of sulfonamides is 1. The van der Waals surface area contributed by atoms with Crippen LogP contribution in [-0.2, 0) is 16.2 Å². The number of nitrogens with one attached hydrogen (secondary N) is 1. The van der Waals surface area contributed by atoms with E-state index in [2.05, 4.69) is 14.9 Å². The van der Waals surface area contributed by atoms with E-state index in [-0.39, 0.29) is 20.6 Å². The summed E-state index contributed by atoms with van der Waals surface area (Å²) in [6.07, 6.45) is -4.56. The Morgan fingerprint density at radius 1 is 1.00 bits per heavy atom. The van der Waals surface area contributed by atoms with Crippen molar-refractivity contribution in [3.05, 3.63) is 54.1 Å². The quantitative estimate of drug-likeness (QED) is 0.652. The molecule has 3 N–H and O–H groups in total. The zero-order chi connectivity index (χ0) is 18.9. The van der Waals surface area contributed by atoms with Gasteiger partial charge in [0.15, 0.2) is 0 Å². The molecule has 3 aromatic rings. The van der Waals surface area contributed by atoms with Gasteiger partial charge in [-0.25, -0.2) is 8.42 Å². The first-order valence-corrected chi connectivity index (χ1v) is 9.35. The summed E-state index contributed by atoms with van der Waals surface area (Å²) in [5, 5.41) is 7.11. The van der Waals surface area contributed by atoms with Crippen molar-refractivity contribution in [3.63, 3.8) is 0 Å². The normalized spacial score (nSPS) is 12.1. The molecular formula is C15H11F3N4O2S2. The van der Waals surface area contributed by atoms with Crippen molar-refractivity contribution in [1.82, 2.24) is 10.2 Å². The number of hydrogen-bond donors (Lipinski definition) is 2. The molecule has 6 nitrogen and oxygen atoms in total. The largest absolute Gasteiger partial charge is 0.417 e. The van der Waals surface area contributed by atoms with Crippen molar-refractivity contribution < 1.29 is 21.6 Å². The van der Waals surface area contributed by atoms with Gasteiger partial charge in [-0.2, -0.15) is 13.2 Å². The van der Waals surface area contributed by atoms with Crippen molar-refractivity contribution in [1.29, 1.82) is 0 Å². The van der Waals surface area contributed by atoms with Gasteiger partial charge in [0.1, 0.15) is 5.01 Å². The lowest BCUT2D eigenvalue weighted by atomic mass is 10.1. The minimum absolute atomic E-state index is 0.0482. The van der Waals surface area contributed by atoms with Crippen LogP contribution >= 0.6 is 11.3 Å². The van der Waals surface area contributed by atoms with Crippen LogP contribution in [0.5, 0.6) is 0 Å². The second-order valence-electron chi connectivity index (χ2n) is 5.13. The highest BCUT2D eigenvalue weighted by Crippen LogP contribution is 2.38. The predicted molar refractivity (Wildman–Crippen MR) is 92.0 cm³/mol. The van der Waals surface area contributed by atoms with E-state index >= 15 is 0 Å². The molecule has 3 rings (SSSR count). The molecule has 0 amide bonds. The monoisotopic (exact) mass is 400 g/mol. The number of alkyl halides is 3. The number of nitrogens with zero attached hydrogens (tertiary/aromatic N) is 2. The Kier molecular flexibility index (Phi) is 4.59. The Morgan fingerprint density at radius 2 is 1.65 bits per heavy atom. The van der Waals surface area contributed by atoms with Crippen molar-refractivity contribution in [2.45, 2.75) is 11.1 Å². The van der Waals surface area contributed by atoms with Crippen LogP contribution in [0.25, 0.3) is 10.6 Å². The van der Waals surface area contributed by atoms with Gasteiger partial charge in [0.05, 0.1) is 10.5 Å². The standard InChI is InChI=1S/C15H11F3N4O2S2/c16-15(17,18)12-4-2-1-3-11(12)13-20-21-14(25-13)22-26(23,24)10-7-5-9(19)6-8-10/h1-8H,19H2,(H,21,22). The molecule has 0 aliphatic carbocycles. The van der Waals surface area contributed by atoms with Crippen LogP contribution in [0.4, 0.5) is 24.0 Å². The van der Waals surface area contributed by atoms with Crippen molar-refractivity contribution in [2.24, 2.45) is 0 Å².